The molecule has 3 aromatic carbocycles. The van der Waals surface area contributed by atoms with E-state index in [-0.39, 0.29) is 29.5 Å². The molecular weight excluding hydrogens is 461 g/mol. The topological polar surface area (TPSA) is 73.2 Å². The second-order valence-corrected chi connectivity index (χ2v) is 9.50. The molecule has 0 radical (unpaired) electrons. The van der Waals surface area contributed by atoms with E-state index in [1.54, 1.807) is 24.3 Å². The van der Waals surface area contributed by atoms with Gasteiger partial charge in [0.1, 0.15) is 22.5 Å². The van der Waals surface area contributed by atoms with Crippen LogP contribution in [0.2, 0.25) is 0 Å². The first-order valence-electron chi connectivity index (χ1n) is 11.2. The fourth-order valence-electron chi connectivity index (χ4n) is 3.82. The zero-order valence-corrected chi connectivity index (χ0v) is 20.2. The highest BCUT2D eigenvalue weighted by Gasteiger charge is 2.41. The molecule has 35 heavy (non-hydrogen) atoms. The Balaban J connectivity index is 1.71. The van der Waals surface area contributed by atoms with Crippen molar-refractivity contribution in [2.45, 2.75) is 32.1 Å². The van der Waals surface area contributed by atoms with Gasteiger partial charge in [-0.2, -0.15) is 5.26 Å². The number of hydrogen-bond acceptors (Lipinski definition) is 4. The van der Waals surface area contributed by atoms with Crippen LogP contribution >= 0.6 is 11.8 Å². The standard InChI is InChI=1S/C28H24FN3O2S/c1-18-12-13-22(14-19(18)2)32-27(34)25(15-21-10-6-7-11-24(21)29)35-28(32)23(16-30)26(33)31-17-20-8-4-3-5-9-20/h3-14,25H,15,17H2,1-2H3,(H,31,33)/b28-23-. The van der Waals surface area contributed by atoms with E-state index in [0.29, 0.717) is 11.3 Å². The van der Waals surface area contributed by atoms with Crippen LogP contribution < -0.4 is 10.2 Å². The van der Waals surface area contributed by atoms with Crippen LogP contribution in [0.4, 0.5) is 10.1 Å². The summed E-state index contributed by atoms with van der Waals surface area (Å²) in [6, 6.07) is 23.2. The van der Waals surface area contributed by atoms with Gasteiger partial charge < -0.3 is 5.32 Å². The number of carbonyl (C=O) groups excluding carboxylic acids is 2. The SMILES string of the molecule is Cc1ccc(N2C(=O)C(Cc3ccccc3F)S/C2=C(/C#N)C(=O)NCc2ccccc2)cc1C. The molecule has 176 valence electrons. The minimum atomic E-state index is -0.672. The largest absolute Gasteiger partial charge is 0.347 e. The van der Waals surface area contributed by atoms with Crippen molar-refractivity contribution in [3.8, 4) is 6.07 Å². The summed E-state index contributed by atoms with van der Waals surface area (Å²) in [7, 11) is 0. The molecule has 0 saturated carbocycles. The smallest absolute Gasteiger partial charge is 0.264 e. The minimum Gasteiger partial charge on any atom is -0.347 e. The summed E-state index contributed by atoms with van der Waals surface area (Å²) in [6.07, 6.45) is 0.144. The molecule has 1 aliphatic rings. The van der Waals surface area contributed by atoms with Gasteiger partial charge in [0.25, 0.3) is 5.91 Å². The number of anilines is 1. The molecule has 1 aliphatic heterocycles. The van der Waals surface area contributed by atoms with Crippen LogP contribution in [0.5, 0.6) is 0 Å². The minimum absolute atomic E-state index is 0.144. The third kappa shape index (κ3) is 5.28. The van der Waals surface area contributed by atoms with E-state index in [0.717, 1.165) is 28.5 Å². The van der Waals surface area contributed by atoms with Crippen LogP contribution in [0, 0.1) is 31.0 Å². The zero-order valence-electron chi connectivity index (χ0n) is 19.4. The second-order valence-electron chi connectivity index (χ2n) is 8.30. The molecule has 3 aromatic rings. The highest BCUT2D eigenvalue weighted by Crippen LogP contribution is 2.42. The first-order chi connectivity index (χ1) is 16.9. The van der Waals surface area contributed by atoms with Crippen molar-refractivity contribution in [3.63, 3.8) is 0 Å². The van der Waals surface area contributed by atoms with E-state index < -0.39 is 17.0 Å². The normalized spacial score (nSPS) is 16.7. The molecule has 4 rings (SSSR count). The summed E-state index contributed by atoms with van der Waals surface area (Å²) in [4.78, 5) is 28.0. The van der Waals surface area contributed by atoms with Crippen molar-refractivity contribution >= 4 is 29.3 Å². The summed E-state index contributed by atoms with van der Waals surface area (Å²) < 4.78 is 14.3. The fourth-order valence-corrected chi connectivity index (χ4v) is 5.11. The Labute approximate surface area is 208 Å². The van der Waals surface area contributed by atoms with Gasteiger partial charge in [0.05, 0.1) is 5.25 Å². The number of halogens is 1. The van der Waals surface area contributed by atoms with Gasteiger partial charge in [-0.3, -0.25) is 14.5 Å². The first kappa shape index (κ1) is 24.2. The lowest BCUT2D eigenvalue weighted by Gasteiger charge is -2.20. The van der Waals surface area contributed by atoms with E-state index in [1.807, 2.05) is 62.4 Å². The van der Waals surface area contributed by atoms with Gasteiger partial charge in [0, 0.05) is 12.2 Å². The average molecular weight is 486 g/mol. The van der Waals surface area contributed by atoms with Crippen molar-refractivity contribution in [3.05, 3.63) is 111 Å². The molecule has 0 bridgehead atoms. The van der Waals surface area contributed by atoms with E-state index in [2.05, 4.69) is 5.32 Å². The quantitative estimate of drug-likeness (QED) is 0.385. The fraction of sp³-hybridized carbons (Fsp3) is 0.179. The van der Waals surface area contributed by atoms with Crippen LogP contribution in [0.25, 0.3) is 0 Å². The zero-order chi connectivity index (χ0) is 24.9. The number of thioether (sulfide) groups is 1. The maximum absolute atomic E-state index is 14.3. The summed E-state index contributed by atoms with van der Waals surface area (Å²) in [5, 5.41) is 12.3. The summed E-state index contributed by atoms with van der Waals surface area (Å²) in [5.74, 6) is -1.25. The molecule has 5 nitrogen and oxygen atoms in total. The lowest BCUT2D eigenvalue weighted by atomic mass is 10.1. The first-order valence-corrected chi connectivity index (χ1v) is 12.0. The third-order valence-corrected chi connectivity index (χ3v) is 7.18. The Morgan fingerprint density at radius 1 is 1.06 bits per heavy atom. The number of rotatable bonds is 6. The van der Waals surface area contributed by atoms with Crippen LogP contribution in [0.3, 0.4) is 0 Å². The molecule has 1 atom stereocenters. The monoisotopic (exact) mass is 485 g/mol. The molecule has 2 amide bonds. The predicted molar refractivity (Wildman–Crippen MR) is 136 cm³/mol. The van der Waals surface area contributed by atoms with Crippen LogP contribution in [-0.4, -0.2) is 17.1 Å². The van der Waals surface area contributed by atoms with Gasteiger partial charge in [-0.15, -0.1) is 0 Å². The summed E-state index contributed by atoms with van der Waals surface area (Å²) >= 11 is 1.12. The molecule has 1 unspecified atom stereocenters. The molecule has 0 aliphatic carbocycles. The number of nitrogens with one attached hydrogen (secondary N) is 1. The maximum atomic E-state index is 14.3. The lowest BCUT2D eigenvalue weighted by Crippen LogP contribution is -2.32. The molecule has 1 N–H and O–H groups in total. The van der Waals surface area contributed by atoms with E-state index >= 15 is 0 Å². The van der Waals surface area contributed by atoms with Gasteiger partial charge >= 0.3 is 0 Å². The van der Waals surface area contributed by atoms with Gasteiger partial charge in [-0.05, 0) is 60.7 Å². The number of nitrogens with zero attached hydrogens (tertiary/aromatic N) is 2. The molecule has 1 heterocycles. The lowest BCUT2D eigenvalue weighted by molar-refractivity contribution is -0.117. The molecular formula is C28H24FN3O2S. The number of benzene rings is 3. The Morgan fingerprint density at radius 3 is 2.46 bits per heavy atom. The van der Waals surface area contributed by atoms with Crippen molar-refractivity contribution in [2.75, 3.05) is 4.90 Å². The summed E-state index contributed by atoms with van der Waals surface area (Å²) in [6.45, 7) is 4.15. The Kier molecular flexibility index (Phi) is 7.33. The average Bonchev–Trinajstić information content (AvgIpc) is 3.17. The van der Waals surface area contributed by atoms with Crippen LogP contribution in [0.15, 0.2) is 83.4 Å². The second kappa shape index (κ2) is 10.6. The van der Waals surface area contributed by atoms with Gasteiger partial charge in [-0.1, -0.05) is 66.4 Å². The highest BCUT2D eigenvalue weighted by atomic mass is 32.2. The van der Waals surface area contributed by atoms with Crippen molar-refractivity contribution in [2.24, 2.45) is 0 Å². The van der Waals surface area contributed by atoms with Crippen LogP contribution in [0.1, 0.15) is 22.3 Å². The summed E-state index contributed by atoms with van der Waals surface area (Å²) in [5.41, 5.74) is 3.76. The Bertz CT molecular complexity index is 1350. The van der Waals surface area contributed by atoms with Crippen LogP contribution in [-0.2, 0) is 22.6 Å². The molecule has 7 heteroatoms. The Hall–Kier alpha value is -3.89. The van der Waals surface area contributed by atoms with Gasteiger partial charge in [0.15, 0.2) is 0 Å². The van der Waals surface area contributed by atoms with E-state index in [9.17, 15) is 19.2 Å². The number of aryl methyl sites for hydroxylation is 2. The van der Waals surface area contributed by atoms with E-state index in [1.165, 1.54) is 11.0 Å². The van der Waals surface area contributed by atoms with Gasteiger partial charge in [0.2, 0.25) is 5.91 Å². The number of amides is 2. The molecule has 1 fully saturated rings. The van der Waals surface area contributed by atoms with Crippen molar-refractivity contribution in [1.29, 1.82) is 5.26 Å². The third-order valence-electron chi connectivity index (χ3n) is 5.91. The molecule has 0 spiro atoms. The molecule has 1 saturated heterocycles. The van der Waals surface area contributed by atoms with Gasteiger partial charge in [-0.25, -0.2) is 4.39 Å². The molecule has 0 aromatic heterocycles. The van der Waals surface area contributed by atoms with Crippen molar-refractivity contribution < 1.29 is 14.0 Å². The van der Waals surface area contributed by atoms with E-state index in [4.69, 9.17) is 0 Å². The number of nitriles is 1. The van der Waals surface area contributed by atoms with Crippen molar-refractivity contribution in [1.82, 2.24) is 5.32 Å². The number of hydrogen-bond donors (Lipinski definition) is 1. The predicted octanol–water partition coefficient (Wildman–Crippen LogP) is 5.19. The highest BCUT2D eigenvalue weighted by molar-refractivity contribution is 8.05. The maximum Gasteiger partial charge on any atom is 0.264 e. The Morgan fingerprint density at radius 2 is 1.77 bits per heavy atom. The number of carbonyl (C=O) groups is 2.